The summed E-state index contributed by atoms with van der Waals surface area (Å²) in [6.45, 7) is 3.07. The van der Waals surface area contributed by atoms with Gasteiger partial charge in [-0.2, -0.15) is 0 Å². The summed E-state index contributed by atoms with van der Waals surface area (Å²) >= 11 is 0. The number of oxime groups is 1. The number of unbranched alkanes of at least 4 members (excludes halogenated alkanes) is 1. The normalized spacial score (nSPS) is 13.3. The maximum atomic E-state index is 5.26. The lowest BCUT2D eigenvalue weighted by molar-refractivity contribution is 0.143. The van der Waals surface area contributed by atoms with E-state index in [0.29, 0.717) is 13.4 Å². The van der Waals surface area contributed by atoms with E-state index in [-0.39, 0.29) is 0 Å². The Morgan fingerprint density at radius 1 is 1.38 bits per heavy atom. The molecule has 0 atom stereocenters. The zero-order valence-corrected chi connectivity index (χ0v) is 9.31. The van der Waals surface area contributed by atoms with E-state index in [9.17, 15) is 0 Å². The first-order chi connectivity index (χ1) is 7.90. The van der Waals surface area contributed by atoms with Crippen LogP contribution in [-0.4, -0.2) is 19.6 Å². The second-order valence-electron chi connectivity index (χ2n) is 3.53. The molecule has 2 rings (SSSR count). The number of hydrogen-bond donors (Lipinski definition) is 0. The van der Waals surface area contributed by atoms with E-state index in [2.05, 4.69) is 12.1 Å². The SMILES string of the molecule is CCCCO/N=C/c1ccc2c(c1)OCO2. The fourth-order valence-corrected chi connectivity index (χ4v) is 1.35. The van der Waals surface area contributed by atoms with Crippen molar-refractivity contribution in [1.29, 1.82) is 0 Å². The van der Waals surface area contributed by atoms with Crippen LogP contribution >= 0.6 is 0 Å². The number of benzene rings is 1. The second-order valence-corrected chi connectivity index (χ2v) is 3.53. The Morgan fingerprint density at radius 2 is 2.25 bits per heavy atom. The van der Waals surface area contributed by atoms with Gasteiger partial charge in [-0.1, -0.05) is 18.5 Å². The van der Waals surface area contributed by atoms with E-state index in [1.807, 2.05) is 18.2 Å². The van der Waals surface area contributed by atoms with E-state index in [1.54, 1.807) is 6.21 Å². The summed E-state index contributed by atoms with van der Waals surface area (Å²) in [5, 5.41) is 3.88. The minimum atomic E-state index is 0.295. The van der Waals surface area contributed by atoms with E-state index in [0.717, 1.165) is 29.9 Å². The van der Waals surface area contributed by atoms with Crippen molar-refractivity contribution in [1.82, 2.24) is 0 Å². The molecule has 0 unspecified atom stereocenters. The lowest BCUT2D eigenvalue weighted by Gasteiger charge is -1.98. The van der Waals surface area contributed by atoms with Crippen LogP contribution in [0.2, 0.25) is 0 Å². The minimum absolute atomic E-state index is 0.295. The van der Waals surface area contributed by atoms with Crippen molar-refractivity contribution in [2.75, 3.05) is 13.4 Å². The molecule has 0 bridgehead atoms. The van der Waals surface area contributed by atoms with E-state index in [4.69, 9.17) is 14.3 Å². The molecule has 0 spiro atoms. The van der Waals surface area contributed by atoms with Crippen LogP contribution in [0.25, 0.3) is 0 Å². The number of nitrogens with zero attached hydrogens (tertiary/aromatic N) is 1. The van der Waals surface area contributed by atoms with E-state index in [1.165, 1.54) is 0 Å². The van der Waals surface area contributed by atoms with Gasteiger partial charge in [0.15, 0.2) is 11.5 Å². The maximum absolute atomic E-state index is 5.26. The molecule has 4 nitrogen and oxygen atoms in total. The molecular weight excluding hydrogens is 206 g/mol. The first-order valence-electron chi connectivity index (χ1n) is 5.45. The molecule has 0 amide bonds. The predicted molar refractivity (Wildman–Crippen MR) is 61.0 cm³/mol. The highest BCUT2D eigenvalue weighted by Crippen LogP contribution is 2.31. The van der Waals surface area contributed by atoms with E-state index < -0.39 is 0 Å². The summed E-state index contributed by atoms with van der Waals surface area (Å²) in [4.78, 5) is 5.09. The molecule has 86 valence electrons. The first-order valence-corrected chi connectivity index (χ1v) is 5.45. The Bertz CT molecular complexity index is 377. The van der Waals surface area contributed by atoms with Crippen molar-refractivity contribution in [3.63, 3.8) is 0 Å². The Kier molecular flexibility index (Phi) is 3.64. The molecule has 0 aliphatic carbocycles. The molecule has 0 saturated carbocycles. The Labute approximate surface area is 94.8 Å². The van der Waals surface area contributed by atoms with Crippen LogP contribution in [0.3, 0.4) is 0 Å². The van der Waals surface area contributed by atoms with Crippen molar-refractivity contribution in [2.45, 2.75) is 19.8 Å². The van der Waals surface area contributed by atoms with Gasteiger partial charge in [0, 0.05) is 5.56 Å². The Balaban J connectivity index is 1.90. The Hall–Kier alpha value is -1.71. The number of fused-ring (bicyclic) bond motifs is 1. The third kappa shape index (κ3) is 2.66. The smallest absolute Gasteiger partial charge is 0.231 e. The summed E-state index contributed by atoms with van der Waals surface area (Å²) in [7, 11) is 0. The molecule has 0 fully saturated rings. The summed E-state index contributed by atoms with van der Waals surface area (Å²) in [5.74, 6) is 1.54. The summed E-state index contributed by atoms with van der Waals surface area (Å²) in [5.41, 5.74) is 0.945. The molecule has 1 aromatic rings. The van der Waals surface area contributed by atoms with Gasteiger partial charge in [-0.15, -0.1) is 0 Å². The molecule has 16 heavy (non-hydrogen) atoms. The first kappa shape index (κ1) is 10.8. The zero-order valence-electron chi connectivity index (χ0n) is 9.31. The topological polar surface area (TPSA) is 40.0 Å². The standard InChI is InChI=1S/C12H15NO3/c1-2-3-6-16-13-8-10-4-5-11-12(7-10)15-9-14-11/h4-5,7-8H,2-3,6,9H2,1H3/b13-8+. The predicted octanol–water partition coefficient (Wildman–Crippen LogP) is 2.57. The number of hydrogen-bond acceptors (Lipinski definition) is 4. The second kappa shape index (κ2) is 5.39. The molecule has 1 aromatic carbocycles. The van der Waals surface area contributed by atoms with Gasteiger partial charge in [-0.05, 0) is 24.6 Å². The third-order valence-electron chi connectivity index (χ3n) is 2.26. The fourth-order valence-electron chi connectivity index (χ4n) is 1.35. The largest absolute Gasteiger partial charge is 0.454 e. The highest BCUT2D eigenvalue weighted by Gasteiger charge is 2.12. The van der Waals surface area contributed by atoms with Crippen LogP contribution < -0.4 is 9.47 Å². The van der Waals surface area contributed by atoms with Gasteiger partial charge in [0.25, 0.3) is 0 Å². The van der Waals surface area contributed by atoms with Crippen molar-refractivity contribution in [3.05, 3.63) is 23.8 Å². The van der Waals surface area contributed by atoms with Gasteiger partial charge in [-0.25, -0.2) is 0 Å². The highest BCUT2D eigenvalue weighted by atomic mass is 16.7. The molecule has 4 heteroatoms. The molecule has 1 aliphatic heterocycles. The van der Waals surface area contributed by atoms with Gasteiger partial charge < -0.3 is 14.3 Å². The monoisotopic (exact) mass is 221 g/mol. The quantitative estimate of drug-likeness (QED) is 0.436. The molecule has 0 aromatic heterocycles. The average molecular weight is 221 g/mol. The van der Waals surface area contributed by atoms with Crippen molar-refractivity contribution >= 4 is 6.21 Å². The fraction of sp³-hybridized carbons (Fsp3) is 0.417. The number of rotatable bonds is 5. The Morgan fingerprint density at radius 3 is 3.12 bits per heavy atom. The molecule has 0 radical (unpaired) electrons. The van der Waals surface area contributed by atoms with Gasteiger partial charge in [0.05, 0.1) is 6.21 Å². The molecular formula is C12H15NO3. The number of ether oxygens (including phenoxy) is 2. The zero-order chi connectivity index (χ0) is 11.2. The van der Waals surface area contributed by atoms with Crippen LogP contribution in [0.4, 0.5) is 0 Å². The summed E-state index contributed by atoms with van der Waals surface area (Å²) < 4.78 is 10.5. The van der Waals surface area contributed by atoms with Crippen molar-refractivity contribution in [2.24, 2.45) is 5.16 Å². The molecule has 1 heterocycles. The van der Waals surface area contributed by atoms with Crippen LogP contribution in [0.15, 0.2) is 23.4 Å². The van der Waals surface area contributed by atoms with Crippen LogP contribution in [0.5, 0.6) is 11.5 Å². The van der Waals surface area contributed by atoms with Gasteiger partial charge in [-0.3, -0.25) is 0 Å². The van der Waals surface area contributed by atoms with Gasteiger partial charge in [0.1, 0.15) is 6.61 Å². The van der Waals surface area contributed by atoms with E-state index >= 15 is 0 Å². The lowest BCUT2D eigenvalue weighted by atomic mass is 10.2. The van der Waals surface area contributed by atoms with Gasteiger partial charge in [0.2, 0.25) is 6.79 Å². The van der Waals surface area contributed by atoms with Crippen molar-refractivity contribution in [3.8, 4) is 11.5 Å². The summed E-state index contributed by atoms with van der Waals surface area (Å²) in [6, 6.07) is 5.67. The summed E-state index contributed by atoms with van der Waals surface area (Å²) in [6.07, 6.45) is 3.82. The van der Waals surface area contributed by atoms with Crippen molar-refractivity contribution < 1.29 is 14.3 Å². The molecule has 0 N–H and O–H groups in total. The third-order valence-corrected chi connectivity index (χ3v) is 2.26. The van der Waals surface area contributed by atoms with Crippen LogP contribution in [0.1, 0.15) is 25.3 Å². The molecule has 0 saturated heterocycles. The van der Waals surface area contributed by atoms with Crippen LogP contribution in [0, 0.1) is 0 Å². The average Bonchev–Trinajstić information content (AvgIpc) is 2.76. The minimum Gasteiger partial charge on any atom is -0.454 e. The lowest BCUT2D eigenvalue weighted by Crippen LogP contribution is -1.92. The van der Waals surface area contributed by atoms with Gasteiger partial charge >= 0.3 is 0 Å². The molecule has 1 aliphatic rings. The maximum Gasteiger partial charge on any atom is 0.231 e. The van der Waals surface area contributed by atoms with Crippen LogP contribution in [-0.2, 0) is 4.84 Å². The highest BCUT2D eigenvalue weighted by molar-refractivity contribution is 5.80.